The van der Waals surface area contributed by atoms with Crippen LogP contribution in [0, 0.1) is 12.7 Å². The molecule has 0 bridgehead atoms. The SMILES string of the molecule is Cc1nnnn1C(Cc1ccc(F)cc1)C(=O)NC(C)CCC(=O)O. The molecule has 1 aromatic carbocycles. The Bertz CT molecular complexity index is 732. The molecular formula is C16H20FN5O3. The van der Waals surface area contributed by atoms with Crippen LogP contribution >= 0.6 is 0 Å². The van der Waals surface area contributed by atoms with Gasteiger partial charge in [0.2, 0.25) is 5.91 Å². The molecule has 2 aromatic rings. The third-order valence-electron chi connectivity index (χ3n) is 3.78. The molecule has 25 heavy (non-hydrogen) atoms. The molecule has 0 radical (unpaired) electrons. The standard InChI is InChI=1S/C16H20FN5O3/c1-10(3-8-15(23)24)18-16(25)14(22-11(2)19-20-21-22)9-12-4-6-13(17)7-5-12/h4-7,10,14H,3,8-9H2,1-2H3,(H,18,25)(H,23,24). The number of carbonyl (C=O) groups is 2. The summed E-state index contributed by atoms with van der Waals surface area (Å²) in [6.45, 7) is 3.42. The second-order valence-corrected chi connectivity index (χ2v) is 5.86. The number of hydrogen-bond acceptors (Lipinski definition) is 5. The second-order valence-electron chi connectivity index (χ2n) is 5.86. The van der Waals surface area contributed by atoms with Gasteiger partial charge in [0.25, 0.3) is 0 Å². The second kappa shape index (κ2) is 8.32. The summed E-state index contributed by atoms with van der Waals surface area (Å²) in [4.78, 5) is 23.3. The highest BCUT2D eigenvalue weighted by atomic mass is 19.1. The molecule has 9 heteroatoms. The lowest BCUT2D eigenvalue weighted by Crippen LogP contribution is -2.40. The van der Waals surface area contributed by atoms with Crippen LogP contribution in [0.2, 0.25) is 0 Å². The van der Waals surface area contributed by atoms with Crippen molar-refractivity contribution in [1.29, 1.82) is 0 Å². The number of nitrogens with zero attached hydrogens (tertiary/aromatic N) is 4. The van der Waals surface area contributed by atoms with Crippen molar-refractivity contribution in [3.8, 4) is 0 Å². The third-order valence-corrected chi connectivity index (χ3v) is 3.78. The van der Waals surface area contributed by atoms with E-state index in [1.807, 2.05) is 0 Å². The number of aryl methyl sites for hydroxylation is 1. The molecule has 8 nitrogen and oxygen atoms in total. The fourth-order valence-corrected chi connectivity index (χ4v) is 2.41. The summed E-state index contributed by atoms with van der Waals surface area (Å²) in [5.74, 6) is -1.12. The highest BCUT2D eigenvalue weighted by Crippen LogP contribution is 2.16. The minimum atomic E-state index is -0.916. The predicted octanol–water partition coefficient (Wildman–Crippen LogP) is 1.27. The van der Waals surface area contributed by atoms with Crippen LogP contribution in [0.4, 0.5) is 4.39 Å². The normalized spacial score (nSPS) is 13.2. The molecule has 0 aliphatic rings. The molecule has 2 atom stereocenters. The van der Waals surface area contributed by atoms with E-state index in [2.05, 4.69) is 20.8 Å². The molecule has 0 saturated heterocycles. The zero-order valence-corrected chi connectivity index (χ0v) is 14.0. The molecule has 0 fully saturated rings. The van der Waals surface area contributed by atoms with Crippen molar-refractivity contribution >= 4 is 11.9 Å². The number of aliphatic carboxylic acids is 1. The number of hydrogen-bond donors (Lipinski definition) is 2. The van der Waals surface area contributed by atoms with Crippen LogP contribution in [-0.4, -0.2) is 43.2 Å². The number of nitrogens with one attached hydrogen (secondary N) is 1. The molecule has 1 aromatic heterocycles. The lowest BCUT2D eigenvalue weighted by atomic mass is 10.0. The lowest BCUT2D eigenvalue weighted by molar-refractivity contribution is -0.137. The maximum absolute atomic E-state index is 13.1. The van der Waals surface area contributed by atoms with Crippen LogP contribution in [0.3, 0.4) is 0 Å². The highest BCUT2D eigenvalue weighted by Gasteiger charge is 2.25. The van der Waals surface area contributed by atoms with Crippen molar-refractivity contribution in [1.82, 2.24) is 25.5 Å². The van der Waals surface area contributed by atoms with Gasteiger partial charge >= 0.3 is 5.97 Å². The van der Waals surface area contributed by atoms with Gasteiger partial charge in [-0.05, 0) is 48.4 Å². The summed E-state index contributed by atoms with van der Waals surface area (Å²) in [5.41, 5.74) is 0.759. The van der Waals surface area contributed by atoms with E-state index in [4.69, 9.17) is 5.11 Å². The fraction of sp³-hybridized carbons (Fsp3) is 0.438. The summed E-state index contributed by atoms with van der Waals surface area (Å²) in [7, 11) is 0. The van der Waals surface area contributed by atoms with Crippen molar-refractivity contribution < 1.29 is 19.1 Å². The van der Waals surface area contributed by atoms with Crippen LogP contribution in [0.25, 0.3) is 0 Å². The lowest BCUT2D eigenvalue weighted by Gasteiger charge is -2.20. The number of benzene rings is 1. The molecule has 2 N–H and O–H groups in total. The molecular weight excluding hydrogens is 329 g/mol. The van der Waals surface area contributed by atoms with E-state index in [0.29, 0.717) is 12.2 Å². The first-order valence-electron chi connectivity index (χ1n) is 7.88. The van der Waals surface area contributed by atoms with E-state index in [1.165, 1.54) is 16.8 Å². The molecule has 2 rings (SSSR count). The first-order valence-corrected chi connectivity index (χ1v) is 7.88. The van der Waals surface area contributed by atoms with Gasteiger partial charge in [-0.2, -0.15) is 0 Å². The van der Waals surface area contributed by atoms with Gasteiger partial charge < -0.3 is 10.4 Å². The molecule has 134 valence electrons. The summed E-state index contributed by atoms with van der Waals surface area (Å²) >= 11 is 0. The van der Waals surface area contributed by atoms with Crippen LogP contribution in [0.5, 0.6) is 0 Å². The summed E-state index contributed by atoms with van der Waals surface area (Å²) in [6.07, 6.45) is 0.566. The van der Waals surface area contributed by atoms with E-state index >= 15 is 0 Å². The Morgan fingerprint density at radius 2 is 2.00 bits per heavy atom. The van der Waals surface area contributed by atoms with E-state index in [1.54, 1.807) is 26.0 Å². The largest absolute Gasteiger partial charge is 0.481 e. The maximum atomic E-state index is 13.1. The molecule has 0 aliphatic heterocycles. The molecule has 0 saturated carbocycles. The summed E-state index contributed by atoms with van der Waals surface area (Å²) < 4.78 is 14.5. The van der Waals surface area contributed by atoms with Gasteiger partial charge in [0.05, 0.1) is 0 Å². The monoisotopic (exact) mass is 349 g/mol. The Kier molecular flexibility index (Phi) is 6.15. The minimum absolute atomic E-state index is 0.0337. The van der Waals surface area contributed by atoms with Crippen molar-refractivity contribution in [2.75, 3.05) is 0 Å². The topological polar surface area (TPSA) is 110 Å². The Morgan fingerprint density at radius 3 is 2.56 bits per heavy atom. The number of carboxylic acid groups (broad SMARTS) is 1. The van der Waals surface area contributed by atoms with E-state index < -0.39 is 12.0 Å². The Morgan fingerprint density at radius 1 is 1.32 bits per heavy atom. The van der Waals surface area contributed by atoms with Gasteiger partial charge in [-0.1, -0.05) is 12.1 Å². The molecule has 0 spiro atoms. The number of halogens is 1. The van der Waals surface area contributed by atoms with Gasteiger partial charge in [0.15, 0.2) is 0 Å². The fourth-order valence-electron chi connectivity index (χ4n) is 2.41. The molecule has 1 heterocycles. The van der Waals surface area contributed by atoms with Crippen molar-refractivity contribution in [3.63, 3.8) is 0 Å². The van der Waals surface area contributed by atoms with Crippen LogP contribution in [0.15, 0.2) is 24.3 Å². The van der Waals surface area contributed by atoms with E-state index in [9.17, 15) is 14.0 Å². The smallest absolute Gasteiger partial charge is 0.303 e. The number of rotatable bonds is 8. The van der Waals surface area contributed by atoms with E-state index in [-0.39, 0.29) is 30.6 Å². The average molecular weight is 349 g/mol. The molecule has 0 aliphatic carbocycles. The van der Waals surface area contributed by atoms with Crippen LogP contribution in [-0.2, 0) is 16.0 Å². The van der Waals surface area contributed by atoms with Gasteiger partial charge in [-0.25, -0.2) is 9.07 Å². The Balaban J connectivity index is 2.14. The summed E-state index contributed by atoms with van der Waals surface area (Å²) in [5, 5.41) is 22.7. The number of carbonyl (C=O) groups excluding carboxylic acids is 1. The van der Waals surface area contributed by atoms with E-state index in [0.717, 1.165) is 5.56 Å². The number of carboxylic acids is 1. The van der Waals surface area contributed by atoms with Crippen molar-refractivity contribution in [2.45, 2.75) is 45.2 Å². The maximum Gasteiger partial charge on any atom is 0.303 e. The first-order chi connectivity index (χ1) is 11.9. The Labute approximate surface area is 144 Å². The van der Waals surface area contributed by atoms with Crippen molar-refractivity contribution in [3.05, 3.63) is 41.5 Å². The van der Waals surface area contributed by atoms with Gasteiger partial charge in [-0.15, -0.1) is 5.10 Å². The van der Waals surface area contributed by atoms with Crippen LogP contribution < -0.4 is 5.32 Å². The zero-order chi connectivity index (χ0) is 18.4. The van der Waals surface area contributed by atoms with Gasteiger partial charge in [0.1, 0.15) is 17.7 Å². The van der Waals surface area contributed by atoms with Crippen LogP contribution in [0.1, 0.15) is 37.2 Å². The van der Waals surface area contributed by atoms with Gasteiger partial charge in [-0.3, -0.25) is 9.59 Å². The minimum Gasteiger partial charge on any atom is -0.481 e. The Hall–Kier alpha value is -2.84. The zero-order valence-electron chi connectivity index (χ0n) is 14.0. The predicted molar refractivity (Wildman–Crippen MR) is 86.2 cm³/mol. The number of tetrazole rings is 1. The third kappa shape index (κ3) is 5.33. The highest BCUT2D eigenvalue weighted by molar-refractivity contribution is 5.81. The first kappa shape index (κ1) is 18.5. The molecule has 2 unspecified atom stereocenters. The van der Waals surface area contributed by atoms with Crippen molar-refractivity contribution in [2.24, 2.45) is 0 Å². The summed E-state index contributed by atoms with van der Waals surface area (Å²) in [6, 6.07) is 4.83. The quantitative estimate of drug-likeness (QED) is 0.743. The van der Waals surface area contributed by atoms with Gasteiger partial charge in [0, 0.05) is 18.9 Å². The number of aromatic nitrogens is 4. The number of amides is 1. The average Bonchev–Trinajstić information content (AvgIpc) is 2.98. The molecule has 1 amide bonds.